The first-order valence-corrected chi connectivity index (χ1v) is 6.87. The fourth-order valence-electron chi connectivity index (χ4n) is 1.11. The van der Waals surface area contributed by atoms with Crippen molar-refractivity contribution in [1.82, 2.24) is 0 Å². The molecule has 0 aliphatic rings. The lowest BCUT2D eigenvalue weighted by atomic mass is 9.94. The summed E-state index contributed by atoms with van der Waals surface area (Å²) in [4.78, 5) is 0. The summed E-state index contributed by atoms with van der Waals surface area (Å²) in [7, 11) is -7.33. The van der Waals surface area contributed by atoms with Crippen LogP contribution in [0.4, 0.5) is 61.5 Å². The first kappa shape index (κ1) is 25.2. The first-order valence-electron chi connectivity index (χ1n) is 5.05. The summed E-state index contributed by atoms with van der Waals surface area (Å²) in [6.45, 7) is 0. The summed E-state index contributed by atoms with van der Waals surface area (Å²) in [5, 5.41) is 0. The Labute approximate surface area is 137 Å². The van der Waals surface area contributed by atoms with E-state index in [1.807, 2.05) is 0 Å². The SMILES string of the molecule is O=S(=O)(O)C(F)(Cl)C(F)(F)C(F)(F)C(F)(F)C(F)(F)C(F)(F)C(F)(F)F. The molecule has 3 nitrogen and oxygen atoms in total. The molecule has 158 valence electrons. The molecule has 0 bridgehead atoms. The van der Waals surface area contributed by atoms with Crippen molar-refractivity contribution in [3.05, 3.63) is 0 Å². The Morgan fingerprint density at radius 3 is 1.00 bits per heavy atom. The molecule has 1 unspecified atom stereocenters. The Morgan fingerprint density at radius 1 is 0.538 bits per heavy atom. The average Bonchev–Trinajstić information content (AvgIpc) is 2.34. The Morgan fingerprint density at radius 2 is 0.769 bits per heavy atom. The predicted octanol–water partition coefficient (Wildman–Crippen LogP) is 4.48. The van der Waals surface area contributed by atoms with Crippen LogP contribution in [0, 0.1) is 0 Å². The fraction of sp³-hybridized carbons (Fsp3) is 1.00. The minimum Gasteiger partial charge on any atom is -0.282 e. The van der Waals surface area contributed by atoms with Crippen molar-refractivity contribution in [3.63, 3.8) is 0 Å². The van der Waals surface area contributed by atoms with Gasteiger partial charge in [0.2, 0.25) is 0 Å². The van der Waals surface area contributed by atoms with Crippen molar-refractivity contribution in [2.24, 2.45) is 0 Å². The molecule has 0 rings (SSSR count). The molecule has 0 amide bonds. The third-order valence-corrected chi connectivity index (χ3v) is 4.35. The zero-order chi connectivity index (χ0) is 22.0. The van der Waals surface area contributed by atoms with Gasteiger partial charge in [-0.15, -0.1) is 0 Å². The van der Waals surface area contributed by atoms with Crippen LogP contribution in [0.1, 0.15) is 0 Å². The Balaban J connectivity index is 6.71. The Bertz CT molecular complexity index is 650. The summed E-state index contributed by atoms with van der Waals surface area (Å²) in [6.07, 6.45) is -7.69. The molecule has 0 aromatic carbocycles. The second-order valence-electron chi connectivity index (χ2n) is 4.36. The quantitative estimate of drug-likeness (QED) is 0.357. The standard InChI is InChI=1S/C7HClF14O3S/c8-6(19,26(23,24)25)4(15,16)2(11,12)1(9,10)3(13,14)5(17,18)7(20,21)22/h(H,23,24,25). The summed E-state index contributed by atoms with van der Waals surface area (Å²) in [5.41, 5.74) is 0. The molecule has 0 aromatic heterocycles. The van der Waals surface area contributed by atoms with Gasteiger partial charge in [-0.05, 0) is 0 Å². The Kier molecular flexibility index (Phi) is 5.68. The molecule has 1 N–H and O–H groups in total. The van der Waals surface area contributed by atoms with Gasteiger partial charge in [0.25, 0.3) is 0 Å². The minimum atomic E-state index is -8.44. The van der Waals surface area contributed by atoms with Gasteiger partial charge in [0.15, 0.2) is 0 Å². The van der Waals surface area contributed by atoms with Crippen molar-refractivity contribution >= 4 is 21.7 Å². The first-order chi connectivity index (χ1) is 10.8. The lowest BCUT2D eigenvalue weighted by Crippen LogP contribution is -2.73. The van der Waals surface area contributed by atoms with Crippen LogP contribution in [0.3, 0.4) is 0 Å². The maximum absolute atomic E-state index is 13.1. The van der Waals surface area contributed by atoms with E-state index in [1.54, 1.807) is 0 Å². The van der Waals surface area contributed by atoms with Gasteiger partial charge in [-0.25, -0.2) is 0 Å². The van der Waals surface area contributed by atoms with Crippen LogP contribution in [0.25, 0.3) is 0 Å². The number of alkyl halides is 15. The van der Waals surface area contributed by atoms with Crippen LogP contribution in [0.5, 0.6) is 0 Å². The molecule has 0 saturated carbocycles. The van der Waals surface area contributed by atoms with E-state index in [1.165, 1.54) is 0 Å². The molecule has 0 aliphatic carbocycles. The maximum Gasteiger partial charge on any atom is 0.460 e. The summed E-state index contributed by atoms with van der Waals surface area (Å²) in [5.74, 6) is -41.0. The number of hydrogen-bond donors (Lipinski definition) is 1. The fourth-order valence-corrected chi connectivity index (χ4v) is 1.69. The highest BCUT2D eigenvalue weighted by molar-refractivity contribution is 7.88. The van der Waals surface area contributed by atoms with Crippen molar-refractivity contribution in [3.8, 4) is 0 Å². The van der Waals surface area contributed by atoms with E-state index in [9.17, 15) is 69.9 Å². The van der Waals surface area contributed by atoms with E-state index in [-0.39, 0.29) is 0 Å². The summed E-state index contributed by atoms with van der Waals surface area (Å²) < 4.78 is 198. The number of rotatable bonds is 6. The van der Waals surface area contributed by atoms with Gasteiger partial charge in [0.05, 0.1) is 0 Å². The van der Waals surface area contributed by atoms with Crippen molar-refractivity contribution in [2.45, 2.75) is 40.2 Å². The molecule has 0 heterocycles. The highest BCUT2D eigenvalue weighted by Gasteiger charge is 2.94. The summed E-state index contributed by atoms with van der Waals surface area (Å²) in [6, 6.07) is 0. The molecular weight excluding hydrogens is 466 g/mol. The van der Waals surface area contributed by atoms with Gasteiger partial charge in [-0.1, -0.05) is 11.6 Å². The van der Waals surface area contributed by atoms with E-state index in [0.717, 1.165) is 0 Å². The van der Waals surface area contributed by atoms with E-state index in [4.69, 9.17) is 4.55 Å². The normalized spacial score (nSPS) is 18.6. The molecule has 0 radical (unpaired) electrons. The topological polar surface area (TPSA) is 54.4 Å². The molecule has 0 aliphatic heterocycles. The van der Waals surface area contributed by atoms with Gasteiger partial charge in [0.1, 0.15) is 0 Å². The van der Waals surface area contributed by atoms with Crippen LogP contribution < -0.4 is 0 Å². The molecule has 0 saturated heterocycles. The third kappa shape index (κ3) is 2.96. The van der Waals surface area contributed by atoms with Crippen molar-refractivity contribution in [2.75, 3.05) is 0 Å². The second-order valence-corrected chi connectivity index (χ2v) is 6.62. The van der Waals surface area contributed by atoms with E-state index in [0.29, 0.717) is 0 Å². The third-order valence-electron chi connectivity index (χ3n) is 2.62. The van der Waals surface area contributed by atoms with Crippen LogP contribution >= 0.6 is 11.6 Å². The second kappa shape index (κ2) is 5.86. The van der Waals surface area contributed by atoms with Gasteiger partial charge in [-0.2, -0.15) is 69.9 Å². The average molecular weight is 467 g/mol. The van der Waals surface area contributed by atoms with Crippen LogP contribution in [-0.4, -0.2) is 53.2 Å². The van der Waals surface area contributed by atoms with Gasteiger partial charge < -0.3 is 0 Å². The van der Waals surface area contributed by atoms with Crippen LogP contribution in [0.15, 0.2) is 0 Å². The molecule has 0 fully saturated rings. The van der Waals surface area contributed by atoms with E-state index in [2.05, 4.69) is 11.6 Å². The smallest absolute Gasteiger partial charge is 0.282 e. The van der Waals surface area contributed by atoms with Crippen molar-refractivity contribution < 1.29 is 74.4 Å². The monoisotopic (exact) mass is 466 g/mol. The molecule has 19 heteroatoms. The highest BCUT2D eigenvalue weighted by atomic mass is 35.5. The van der Waals surface area contributed by atoms with Crippen molar-refractivity contribution in [1.29, 1.82) is 0 Å². The predicted molar refractivity (Wildman–Crippen MR) is 52.0 cm³/mol. The molecular formula is C7HClF14O3S. The largest absolute Gasteiger partial charge is 0.460 e. The lowest BCUT2D eigenvalue weighted by molar-refractivity contribution is -0.442. The number of hydrogen-bond acceptors (Lipinski definition) is 2. The zero-order valence-electron chi connectivity index (χ0n) is 10.8. The van der Waals surface area contributed by atoms with E-state index >= 15 is 0 Å². The van der Waals surface area contributed by atoms with Gasteiger partial charge in [0, 0.05) is 0 Å². The van der Waals surface area contributed by atoms with Gasteiger partial charge >= 0.3 is 50.4 Å². The molecule has 0 spiro atoms. The number of halogens is 15. The molecule has 26 heavy (non-hydrogen) atoms. The van der Waals surface area contributed by atoms with Crippen LogP contribution in [-0.2, 0) is 10.1 Å². The van der Waals surface area contributed by atoms with Crippen LogP contribution in [0.2, 0.25) is 0 Å². The lowest BCUT2D eigenvalue weighted by Gasteiger charge is -2.41. The zero-order valence-corrected chi connectivity index (χ0v) is 12.4. The maximum atomic E-state index is 13.1. The highest BCUT2D eigenvalue weighted by Crippen LogP contribution is 2.63. The van der Waals surface area contributed by atoms with E-state index < -0.39 is 50.4 Å². The van der Waals surface area contributed by atoms with Gasteiger partial charge in [-0.3, -0.25) is 4.55 Å². The minimum absolute atomic E-state index is 3.63. The summed E-state index contributed by atoms with van der Waals surface area (Å²) >= 11 is 3.63. The Hall–Kier alpha value is -0.780. The molecule has 1 atom stereocenters. The molecule has 0 aromatic rings.